The summed E-state index contributed by atoms with van der Waals surface area (Å²) in [5, 5.41) is 7.52. The number of aromatic nitrogens is 2. The molecule has 1 unspecified atom stereocenters. The highest BCUT2D eigenvalue weighted by Crippen LogP contribution is 2.16. The lowest BCUT2D eigenvalue weighted by Crippen LogP contribution is -2.39. The van der Waals surface area contributed by atoms with E-state index >= 15 is 0 Å². The van der Waals surface area contributed by atoms with E-state index in [2.05, 4.69) is 17.1 Å². The van der Waals surface area contributed by atoms with Crippen molar-refractivity contribution in [3.8, 4) is 0 Å². The molecule has 6 heteroatoms. The molecule has 1 atom stereocenters. The maximum atomic E-state index is 12.0. The first-order valence-corrected chi connectivity index (χ1v) is 6.37. The number of carbonyl (C=O) groups is 1. The Morgan fingerprint density at radius 1 is 1.53 bits per heavy atom. The van der Waals surface area contributed by atoms with Crippen LogP contribution in [0.4, 0.5) is 0 Å². The first kappa shape index (κ1) is 12.4. The van der Waals surface area contributed by atoms with Gasteiger partial charge in [-0.05, 0) is 18.8 Å². The summed E-state index contributed by atoms with van der Waals surface area (Å²) >= 11 is 5.55. The van der Waals surface area contributed by atoms with Gasteiger partial charge in [-0.1, -0.05) is 6.92 Å². The standard InChI is InChI=1S/C11H16ClN3O2/c1-8-3-2-4-15(7-8)11(16)5-9-13-14-10(6-12)17-9/h8H,2-7H2,1H3. The van der Waals surface area contributed by atoms with Crippen molar-refractivity contribution < 1.29 is 9.21 Å². The number of amides is 1. The van der Waals surface area contributed by atoms with Gasteiger partial charge in [-0.2, -0.15) is 0 Å². The van der Waals surface area contributed by atoms with Crippen molar-refractivity contribution in [3.63, 3.8) is 0 Å². The van der Waals surface area contributed by atoms with Crippen LogP contribution in [0, 0.1) is 5.92 Å². The van der Waals surface area contributed by atoms with Gasteiger partial charge in [0, 0.05) is 13.1 Å². The number of hydrogen-bond acceptors (Lipinski definition) is 4. The summed E-state index contributed by atoms with van der Waals surface area (Å²) in [5.41, 5.74) is 0. The fourth-order valence-electron chi connectivity index (χ4n) is 2.07. The van der Waals surface area contributed by atoms with Crippen LogP contribution < -0.4 is 0 Å². The van der Waals surface area contributed by atoms with Crippen molar-refractivity contribution in [1.29, 1.82) is 0 Å². The van der Waals surface area contributed by atoms with Gasteiger partial charge in [0.2, 0.25) is 17.7 Å². The second-order valence-corrected chi connectivity index (χ2v) is 4.75. The summed E-state index contributed by atoms with van der Waals surface area (Å²) in [6.45, 7) is 3.83. The molecular formula is C11H16ClN3O2. The van der Waals surface area contributed by atoms with Gasteiger partial charge in [0.1, 0.15) is 12.3 Å². The highest BCUT2D eigenvalue weighted by Gasteiger charge is 2.22. The van der Waals surface area contributed by atoms with Crippen molar-refractivity contribution in [2.24, 2.45) is 5.92 Å². The molecular weight excluding hydrogens is 242 g/mol. The Balaban J connectivity index is 1.91. The van der Waals surface area contributed by atoms with Crippen LogP contribution in [0.3, 0.4) is 0 Å². The summed E-state index contributed by atoms with van der Waals surface area (Å²) in [5.74, 6) is 1.53. The summed E-state index contributed by atoms with van der Waals surface area (Å²) in [7, 11) is 0. The molecule has 2 heterocycles. The average molecular weight is 258 g/mol. The quantitative estimate of drug-likeness (QED) is 0.772. The first-order valence-electron chi connectivity index (χ1n) is 5.84. The van der Waals surface area contributed by atoms with E-state index in [9.17, 15) is 4.79 Å². The Bertz CT molecular complexity index is 394. The molecule has 1 saturated heterocycles. The van der Waals surface area contributed by atoms with Gasteiger partial charge in [0.25, 0.3) is 0 Å². The zero-order valence-electron chi connectivity index (χ0n) is 9.86. The summed E-state index contributed by atoms with van der Waals surface area (Å²) in [6.07, 6.45) is 2.45. The lowest BCUT2D eigenvalue weighted by atomic mass is 10.00. The van der Waals surface area contributed by atoms with Crippen LogP contribution in [-0.2, 0) is 17.1 Å². The maximum Gasteiger partial charge on any atom is 0.231 e. The number of likely N-dealkylation sites (tertiary alicyclic amines) is 1. The van der Waals surface area contributed by atoms with Crippen molar-refractivity contribution >= 4 is 17.5 Å². The van der Waals surface area contributed by atoms with E-state index in [-0.39, 0.29) is 18.2 Å². The van der Waals surface area contributed by atoms with E-state index in [0.29, 0.717) is 17.7 Å². The van der Waals surface area contributed by atoms with Gasteiger partial charge < -0.3 is 9.32 Å². The lowest BCUT2D eigenvalue weighted by Gasteiger charge is -2.30. The van der Waals surface area contributed by atoms with E-state index in [1.54, 1.807) is 0 Å². The third-order valence-electron chi connectivity index (χ3n) is 2.94. The summed E-state index contributed by atoms with van der Waals surface area (Å²) < 4.78 is 5.22. The molecule has 2 rings (SSSR count). The molecule has 1 aliphatic rings. The van der Waals surface area contributed by atoms with E-state index < -0.39 is 0 Å². The number of piperidine rings is 1. The molecule has 0 radical (unpaired) electrons. The van der Waals surface area contributed by atoms with Gasteiger partial charge in [-0.3, -0.25) is 4.79 Å². The molecule has 5 nitrogen and oxygen atoms in total. The minimum absolute atomic E-state index is 0.0568. The molecule has 94 valence electrons. The number of rotatable bonds is 3. The highest BCUT2D eigenvalue weighted by molar-refractivity contribution is 6.16. The summed E-state index contributed by atoms with van der Waals surface area (Å²) in [6, 6.07) is 0. The Morgan fingerprint density at radius 2 is 2.29 bits per heavy atom. The third kappa shape index (κ3) is 3.19. The fourth-order valence-corrected chi connectivity index (χ4v) is 2.18. The maximum absolute atomic E-state index is 12.0. The van der Waals surface area contributed by atoms with Crippen molar-refractivity contribution in [2.45, 2.75) is 32.1 Å². The van der Waals surface area contributed by atoms with E-state index in [0.717, 1.165) is 19.5 Å². The second-order valence-electron chi connectivity index (χ2n) is 4.49. The number of hydrogen-bond donors (Lipinski definition) is 0. The smallest absolute Gasteiger partial charge is 0.231 e. The van der Waals surface area contributed by atoms with Crippen LogP contribution in [0.15, 0.2) is 4.42 Å². The molecule has 0 N–H and O–H groups in total. The fraction of sp³-hybridized carbons (Fsp3) is 0.727. The van der Waals surface area contributed by atoms with Crippen LogP contribution in [0.5, 0.6) is 0 Å². The molecule has 1 aromatic heterocycles. The molecule has 17 heavy (non-hydrogen) atoms. The minimum atomic E-state index is 0.0568. The highest BCUT2D eigenvalue weighted by atomic mass is 35.5. The number of carbonyl (C=O) groups excluding carboxylic acids is 1. The molecule has 1 amide bonds. The Morgan fingerprint density at radius 3 is 2.94 bits per heavy atom. The van der Waals surface area contributed by atoms with Crippen LogP contribution in [0.2, 0.25) is 0 Å². The number of halogens is 1. The second kappa shape index (κ2) is 5.49. The van der Waals surface area contributed by atoms with Gasteiger partial charge in [0.05, 0.1) is 0 Å². The Hall–Kier alpha value is -1.10. The van der Waals surface area contributed by atoms with Gasteiger partial charge >= 0.3 is 0 Å². The molecule has 0 spiro atoms. The van der Waals surface area contributed by atoms with E-state index in [1.807, 2.05) is 4.90 Å². The van der Waals surface area contributed by atoms with E-state index in [4.69, 9.17) is 16.0 Å². The predicted molar refractivity (Wildman–Crippen MR) is 62.5 cm³/mol. The average Bonchev–Trinajstić information content (AvgIpc) is 2.77. The topological polar surface area (TPSA) is 59.2 Å². The number of nitrogens with zero attached hydrogens (tertiary/aromatic N) is 3. The zero-order chi connectivity index (χ0) is 12.3. The third-order valence-corrected chi connectivity index (χ3v) is 3.16. The minimum Gasteiger partial charge on any atom is -0.423 e. The van der Waals surface area contributed by atoms with Crippen molar-refractivity contribution in [1.82, 2.24) is 15.1 Å². The monoisotopic (exact) mass is 257 g/mol. The molecule has 0 aromatic carbocycles. The molecule has 1 aromatic rings. The Labute approximate surface area is 105 Å². The predicted octanol–water partition coefficient (Wildman–Crippen LogP) is 1.61. The van der Waals surface area contributed by atoms with Crippen molar-refractivity contribution in [2.75, 3.05) is 13.1 Å². The van der Waals surface area contributed by atoms with Crippen LogP contribution in [0.25, 0.3) is 0 Å². The lowest BCUT2D eigenvalue weighted by molar-refractivity contribution is -0.132. The van der Waals surface area contributed by atoms with Gasteiger partial charge in [-0.15, -0.1) is 21.8 Å². The molecule has 0 saturated carbocycles. The molecule has 1 fully saturated rings. The summed E-state index contributed by atoms with van der Waals surface area (Å²) in [4.78, 5) is 13.8. The molecule has 1 aliphatic heterocycles. The van der Waals surface area contributed by atoms with Crippen molar-refractivity contribution in [3.05, 3.63) is 11.8 Å². The van der Waals surface area contributed by atoms with Gasteiger partial charge in [-0.25, -0.2) is 0 Å². The van der Waals surface area contributed by atoms with Crippen LogP contribution >= 0.6 is 11.6 Å². The van der Waals surface area contributed by atoms with E-state index in [1.165, 1.54) is 6.42 Å². The zero-order valence-corrected chi connectivity index (χ0v) is 10.6. The number of alkyl halides is 1. The SMILES string of the molecule is CC1CCCN(C(=O)Cc2nnc(CCl)o2)C1. The van der Waals surface area contributed by atoms with Crippen LogP contribution in [-0.4, -0.2) is 34.1 Å². The Kier molecular flexibility index (Phi) is 3.99. The van der Waals surface area contributed by atoms with Crippen LogP contribution in [0.1, 0.15) is 31.5 Å². The largest absolute Gasteiger partial charge is 0.423 e. The molecule has 0 aliphatic carbocycles. The normalized spacial score (nSPS) is 20.6. The first-order chi connectivity index (χ1) is 8.19. The van der Waals surface area contributed by atoms with Gasteiger partial charge in [0.15, 0.2) is 0 Å². The molecule has 0 bridgehead atoms.